The molecular formula is C16H16BrClN4O3S. The van der Waals surface area contributed by atoms with Crippen LogP contribution < -0.4 is 9.64 Å². The standard InChI is InChI=1S/C16H16BrClN4O3S/c1-10-6-11(17)7-13(22(23)24)14(10)25-8-12-15(18)19-9-20-16(12)21-2-4-26-5-3-21/h6-7,9H,2-5,8H2,1H3. The predicted octanol–water partition coefficient (Wildman–Crippen LogP) is 4.24. The normalized spacial score (nSPS) is 14.3. The number of halogens is 2. The maximum atomic E-state index is 11.4. The first-order valence-electron chi connectivity index (χ1n) is 7.86. The number of ether oxygens (including phenoxy) is 1. The quantitative estimate of drug-likeness (QED) is 0.376. The summed E-state index contributed by atoms with van der Waals surface area (Å²) in [5, 5.41) is 11.7. The van der Waals surface area contributed by atoms with Gasteiger partial charge in [0.15, 0.2) is 5.75 Å². The molecule has 7 nitrogen and oxygen atoms in total. The number of aromatic nitrogens is 2. The molecule has 2 heterocycles. The number of nitro groups is 1. The van der Waals surface area contributed by atoms with Gasteiger partial charge in [-0.25, -0.2) is 9.97 Å². The van der Waals surface area contributed by atoms with Gasteiger partial charge in [-0.05, 0) is 18.6 Å². The fourth-order valence-electron chi connectivity index (χ4n) is 2.73. The number of nitro benzene ring substituents is 1. The molecule has 0 spiro atoms. The molecule has 1 aromatic heterocycles. The van der Waals surface area contributed by atoms with E-state index in [-0.39, 0.29) is 18.0 Å². The maximum Gasteiger partial charge on any atom is 0.312 e. The lowest BCUT2D eigenvalue weighted by Gasteiger charge is -2.29. The number of rotatable bonds is 5. The van der Waals surface area contributed by atoms with Crippen molar-refractivity contribution in [2.24, 2.45) is 0 Å². The summed E-state index contributed by atoms with van der Waals surface area (Å²) in [6, 6.07) is 3.20. The summed E-state index contributed by atoms with van der Waals surface area (Å²) in [6.45, 7) is 3.55. The molecule has 0 saturated carbocycles. The second-order valence-corrected chi connectivity index (χ2v) is 8.18. The van der Waals surface area contributed by atoms with E-state index in [2.05, 4.69) is 30.8 Å². The minimum absolute atomic E-state index is 0.0575. The van der Waals surface area contributed by atoms with Crippen LogP contribution in [-0.2, 0) is 6.61 Å². The lowest BCUT2D eigenvalue weighted by atomic mass is 10.2. The lowest BCUT2D eigenvalue weighted by molar-refractivity contribution is -0.386. The Hall–Kier alpha value is -1.58. The topological polar surface area (TPSA) is 81.4 Å². The van der Waals surface area contributed by atoms with Gasteiger partial charge in [-0.2, -0.15) is 11.8 Å². The molecule has 1 aliphatic heterocycles. The smallest absolute Gasteiger partial charge is 0.312 e. The van der Waals surface area contributed by atoms with Crippen molar-refractivity contribution in [2.75, 3.05) is 29.5 Å². The number of thioether (sulfide) groups is 1. The number of hydrogen-bond acceptors (Lipinski definition) is 7. The molecule has 0 bridgehead atoms. The van der Waals surface area contributed by atoms with E-state index in [0.29, 0.717) is 20.8 Å². The molecular weight excluding hydrogens is 444 g/mol. The van der Waals surface area contributed by atoms with Gasteiger partial charge in [0.1, 0.15) is 23.9 Å². The number of anilines is 1. The van der Waals surface area contributed by atoms with Crippen molar-refractivity contribution in [3.05, 3.63) is 49.3 Å². The molecule has 3 rings (SSSR count). The van der Waals surface area contributed by atoms with Crippen molar-refractivity contribution >= 4 is 50.8 Å². The second kappa shape index (κ2) is 8.41. The summed E-state index contributed by atoms with van der Waals surface area (Å²) in [4.78, 5) is 21.5. The summed E-state index contributed by atoms with van der Waals surface area (Å²) < 4.78 is 6.45. The summed E-state index contributed by atoms with van der Waals surface area (Å²) in [7, 11) is 0. The summed E-state index contributed by atoms with van der Waals surface area (Å²) in [5.74, 6) is 2.97. The van der Waals surface area contributed by atoms with Gasteiger partial charge in [-0.1, -0.05) is 27.5 Å². The van der Waals surface area contributed by atoms with Crippen LogP contribution in [0.4, 0.5) is 11.5 Å². The van der Waals surface area contributed by atoms with Gasteiger partial charge in [0.05, 0.1) is 10.5 Å². The molecule has 0 atom stereocenters. The molecule has 0 unspecified atom stereocenters. The molecule has 1 saturated heterocycles. The van der Waals surface area contributed by atoms with Gasteiger partial charge in [0, 0.05) is 35.1 Å². The Morgan fingerprint density at radius 1 is 1.38 bits per heavy atom. The minimum Gasteiger partial charge on any atom is -0.481 e. The Labute approximate surface area is 168 Å². The third kappa shape index (κ3) is 4.21. The Morgan fingerprint density at radius 3 is 2.81 bits per heavy atom. The Bertz CT molecular complexity index is 833. The van der Waals surface area contributed by atoms with E-state index in [1.807, 2.05) is 11.8 Å². The van der Waals surface area contributed by atoms with E-state index < -0.39 is 4.92 Å². The fraction of sp³-hybridized carbons (Fsp3) is 0.375. The van der Waals surface area contributed by atoms with Crippen LogP contribution in [0.1, 0.15) is 11.1 Å². The van der Waals surface area contributed by atoms with Crippen LogP contribution in [0.15, 0.2) is 22.9 Å². The van der Waals surface area contributed by atoms with Crippen LogP contribution in [0.2, 0.25) is 5.15 Å². The number of hydrogen-bond donors (Lipinski definition) is 0. The summed E-state index contributed by atoms with van der Waals surface area (Å²) in [5.41, 5.74) is 1.20. The lowest BCUT2D eigenvalue weighted by Crippen LogP contribution is -2.34. The highest BCUT2D eigenvalue weighted by molar-refractivity contribution is 9.10. The molecule has 10 heteroatoms. The average Bonchev–Trinajstić information content (AvgIpc) is 2.62. The van der Waals surface area contributed by atoms with Gasteiger partial charge < -0.3 is 9.64 Å². The van der Waals surface area contributed by atoms with E-state index in [9.17, 15) is 10.1 Å². The Kier molecular flexibility index (Phi) is 6.20. The number of nitrogens with zero attached hydrogens (tertiary/aromatic N) is 4. The van der Waals surface area contributed by atoms with Crippen LogP contribution in [0.25, 0.3) is 0 Å². The van der Waals surface area contributed by atoms with Crippen LogP contribution >= 0.6 is 39.3 Å². The fourth-order valence-corrected chi connectivity index (χ4v) is 4.38. The predicted molar refractivity (Wildman–Crippen MR) is 106 cm³/mol. The van der Waals surface area contributed by atoms with Crippen molar-refractivity contribution in [3.8, 4) is 5.75 Å². The van der Waals surface area contributed by atoms with E-state index in [1.165, 1.54) is 12.4 Å². The molecule has 26 heavy (non-hydrogen) atoms. The SMILES string of the molecule is Cc1cc(Br)cc([N+](=O)[O-])c1OCc1c(Cl)ncnc1N1CCSCC1. The summed E-state index contributed by atoms with van der Waals surface area (Å²) >= 11 is 11.4. The Balaban J connectivity index is 1.90. The van der Waals surface area contributed by atoms with Crippen molar-refractivity contribution in [3.63, 3.8) is 0 Å². The molecule has 0 radical (unpaired) electrons. The largest absolute Gasteiger partial charge is 0.481 e. The van der Waals surface area contributed by atoms with Gasteiger partial charge >= 0.3 is 5.69 Å². The highest BCUT2D eigenvalue weighted by Gasteiger charge is 2.23. The molecule has 1 fully saturated rings. The third-order valence-corrected chi connectivity index (χ3v) is 5.68. The monoisotopic (exact) mass is 458 g/mol. The van der Waals surface area contributed by atoms with Gasteiger partial charge in [0.25, 0.3) is 0 Å². The zero-order valence-electron chi connectivity index (χ0n) is 13.9. The first-order chi connectivity index (χ1) is 12.5. The van der Waals surface area contributed by atoms with Crippen molar-refractivity contribution in [1.29, 1.82) is 0 Å². The molecule has 2 aromatic rings. The van der Waals surface area contributed by atoms with E-state index in [1.54, 1.807) is 13.0 Å². The van der Waals surface area contributed by atoms with E-state index in [4.69, 9.17) is 16.3 Å². The van der Waals surface area contributed by atoms with E-state index in [0.717, 1.165) is 30.4 Å². The Morgan fingerprint density at radius 2 is 2.12 bits per heavy atom. The van der Waals surface area contributed by atoms with Crippen molar-refractivity contribution in [2.45, 2.75) is 13.5 Å². The van der Waals surface area contributed by atoms with Crippen LogP contribution in [0.5, 0.6) is 5.75 Å². The molecule has 0 amide bonds. The molecule has 0 aliphatic carbocycles. The van der Waals surface area contributed by atoms with Crippen molar-refractivity contribution in [1.82, 2.24) is 9.97 Å². The van der Waals surface area contributed by atoms with E-state index >= 15 is 0 Å². The van der Waals surface area contributed by atoms with Crippen LogP contribution in [0, 0.1) is 17.0 Å². The molecule has 1 aromatic carbocycles. The average molecular weight is 460 g/mol. The first-order valence-corrected chi connectivity index (χ1v) is 10.2. The maximum absolute atomic E-state index is 11.4. The van der Waals surface area contributed by atoms with Gasteiger partial charge in [-0.3, -0.25) is 10.1 Å². The zero-order valence-corrected chi connectivity index (χ0v) is 17.1. The highest BCUT2D eigenvalue weighted by atomic mass is 79.9. The first kappa shape index (κ1) is 19.2. The van der Waals surface area contributed by atoms with Crippen molar-refractivity contribution < 1.29 is 9.66 Å². The zero-order chi connectivity index (χ0) is 18.7. The number of aryl methyl sites for hydroxylation is 1. The third-order valence-electron chi connectivity index (χ3n) is 3.96. The molecule has 1 aliphatic rings. The van der Waals surface area contributed by atoms with Crippen LogP contribution in [-0.4, -0.2) is 39.5 Å². The minimum atomic E-state index is -0.459. The van der Waals surface area contributed by atoms with Gasteiger partial charge in [0.2, 0.25) is 0 Å². The van der Waals surface area contributed by atoms with Crippen LogP contribution in [0.3, 0.4) is 0 Å². The number of benzene rings is 1. The molecule has 0 N–H and O–H groups in total. The summed E-state index contributed by atoms with van der Waals surface area (Å²) in [6.07, 6.45) is 1.43. The molecule has 138 valence electrons. The van der Waals surface area contributed by atoms with Gasteiger partial charge in [-0.15, -0.1) is 0 Å². The highest BCUT2D eigenvalue weighted by Crippen LogP contribution is 2.36. The second-order valence-electron chi connectivity index (χ2n) is 5.68.